The average Bonchev–Trinajstić information content (AvgIpc) is 3.34. The molecule has 0 aliphatic carbocycles. The number of nitro groups is 1. The van der Waals surface area contributed by atoms with Crippen molar-refractivity contribution in [1.29, 1.82) is 0 Å². The molecule has 0 spiro atoms. The lowest BCUT2D eigenvalue weighted by molar-refractivity contribution is -0.384. The molecule has 2 aromatic carbocycles. The first-order valence-corrected chi connectivity index (χ1v) is 10.6. The highest BCUT2D eigenvalue weighted by molar-refractivity contribution is 8.18. The number of amides is 1. The fourth-order valence-corrected chi connectivity index (χ4v) is 4.23. The molecule has 1 saturated heterocycles. The Bertz CT molecular complexity index is 1260. The van der Waals surface area contributed by atoms with Crippen LogP contribution < -0.4 is 0 Å². The topological polar surface area (TPSA) is 89.0 Å². The van der Waals surface area contributed by atoms with Gasteiger partial charge in [0.2, 0.25) is 0 Å². The molecule has 7 nitrogen and oxygen atoms in total. The number of thioether (sulfide) groups is 1. The number of aryl methyl sites for hydroxylation is 1. The molecule has 1 amide bonds. The van der Waals surface area contributed by atoms with E-state index < -0.39 is 4.92 Å². The number of benzene rings is 2. The lowest BCUT2D eigenvalue weighted by Crippen LogP contribution is -2.28. The van der Waals surface area contributed by atoms with Crippen LogP contribution in [0.5, 0.6) is 0 Å². The molecule has 4 rings (SSSR count). The molecule has 0 bridgehead atoms. The van der Waals surface area contributed by atoms with Crippen molar-refractivity contribution >= 4 is 40.3 Å². The van der Waals surface area contributed by atoms with Crippen molar-refractivity contribution in [2.24, 2.45) is 4.99 Å². The zero-order valence-electron chi connectivity index (χ0n) is 17.2. The summed E-state index contributed by atoms with van der Waals surface area (Å²) in [6, 6.07) is 13.7. The zero-order valence-corrected chi connectivity index (χ0v) is 18.1. The van der Waals surface area contributed by atoms with E-state index in [0.717, 1.165) is 5.56 Å². The number of halogens is 1. The van der Waals surface area contributed by atoms with Gasteiger partial charge in [-0.25, -0.2) is 9.38 Å². The van der Waals surface area contributed by atoms with Crippen LogP contribution >= 0.6 is 11.8 Å². The molecule has 1 aromatic heterocycles. The fourth-order valence-electron chi connectivity index (χ4n) is 3.19. The Morgan fingerprint density at radius 1 is 1.19 bits per heavy atom. The Labute approximate surface area is 187 Å². The minimum absolute atomic E-state index is 0.0244. The molecule has 0 atom stereocenters. The molecular weight excluding hydrogens is 433 g/mol. The van der Waals surface area contributed by atoms with E-state index in [9.17, 15) is 19.3 Å². The molecule has 0 saturated carbocycles. The normalized spacial score (nSPS) is 16.3. The Morgan fingerprint density at radius 3 is 2.62 bits per heavy atom. The number of nitrogens with zero attached hydrogens (tertiary/aromatic N) is 3. The highest BCUT2D eigenvalue weighted by atomic mass is 32.2. The third kappa shape index (κ3) is 4.33. The summed E-state index contributed by atoms with van der Waals surface area (Å²) in [6.45, 7) is 4.12. The van der Waals surface area contributed by atoms with Crippen LogP contribution in [-0.2, 0) is 4.79 Å². The second-order valence-corrected chi connectivity index (χ2v) is 8.00. The zero-order chi connectivity index (χ0) is 22.8. The Balaban J connectivity index is 1.63. The summed E-state index contributed by atoms with van der Waals surface area (Å²) in [7, 11) is 0. The maximum Gasteiger partial charge on any atom is 0.270 e. The summed E-state index contributed by atoms with van der Waals surface area (Å²) in [6.07, 6.45) is 1.62. The first-order valence-electron chi connectivity index (χ1n) is 9.76. The summed E-state index contributed by atoms with van der Waals surface area (Å²) in [5.41, 5.74) is 1.97. The second kappa shape index (κ2) is 8.80. The summed E-state index contributed by atoms with van der Waals surface area (Å²) in [4.78, 5) is 29.9. The van der Waals surface area contributed by atoms with Gasteiger partial charge < -0.3 is 4.42 Å². The lowest BCUT2D eigenvalue weighted by Gasteiger charge is -2.11. The first-order chi connectivity index (χ1) is 15.4. The minimum atomic E-state index is -0.454. The van der Waals surface area contributed by atoms with Gasteiger partial charge in [-0.2, -0.15) is 0 Å². The van der Waals surface area contributed by atoms with Crippen molar-refractivity contribution in [3.63, 3.8) is 0 Å². The molecule has 0 radical (unpaired) electrons. The number of aliphatic imine (C=N–C) groups is 1. The maximum atomic E-state index is 13.1. The maximum absolute atomic E-state index is 13.1. The smallest absolute Gasteiger partial charge is 0.270 e. The van der Waals surface area contributed by atoms with Gasteiger partial charge in [0.05, 0.1) is 15.5 Å². The number of furan rings is 1. The predicted octanol–water partition coefficient (Wildman–Crippen LogP) is 5.93. The molecule has 3 aromatic rings. The van der Waals surface area contributed by atoms with E-state index >= 15 is 0 Å². The molecule has 162 valence electrons. The van der Waals surface area contributed by atoms with Gasteiger partial charge in [0.1, 0.15) is 17.3 Å². The van der Waals surface area contributed by atoms with Crippen LogP contribution in [0.4, 0.5) is 15.8 Å². The quantitative estimate of drug-likeness (QED) is 0.273. The van der Waals surface area contributed by atoms with Crippen LogP contribution in [-0.4, -0.2) is 27.4 Å². The van der Waals surface area contributed by atoms with Gasteiger partial charge in [-0.15, -0.1) is 0 Å². The van der Waals surface area contributed by atoms with Crippen molar-refractivity contribution in [2.45, 2.75) is 13.8 Å². The Morgan fingerprint density at radius 2 is 1.94 bits per heavy atom. The largest absolute Gasteiger partial charge is 0.457 e. The molecule has 0 unspecified atom stereocenters. The van der Waals surface area contributed by atoms with Crippen molar-refractivity contribution in [3.8, 4) is 11.3 Å². The third-order valence-corrected chi connectivity index (χ3v) is 5.86. The number of rotatable bonds is 5. The summed E-state index contributed by atoms with van der Waals surface area (Å²) < 4.78 is 19.0. The number of hydrogen-bond donors (Lipinski definition) is 0. The van der Waals surface area contributed by atoms with E-state index in [0.29, 0.717) is 39.4 Å². The first kappa shape index (κ1) is 21.5. The number of carbonyl (C=O) groups excluding carboxylic acids is 1. The SMILES string of the molecule is CCN1C(=O)/C(=C\c2ccc(-c3cc([N+](=O)[O-])ccc3C)o2)SC1=Nc1ccc(F)cc1. The van der Waals surface area contributed by atoms with Crippen LogP contribution in [0.25, 0.3) is 17.4 Å². The standard InChI is InChI=1S/C23H18FN3O4S/c1-3-26-22(28)21(32-23(26)25-16-7-5-15(24)6-8-16)13-18-10-11-20(31-18)19-12-17(27(29)30)9-4-14(19)2/h4-13H,3H2,1-2H3/b21-13+,25-23?. The number of non-ortho nitro benzene ring substituents is 1. The van der Waals surface area contributed by atoms with Gasteiger partial charge in [-0.3, -0.25) is 19.8 Å². The second-order valence-electron chi connectivity index (χ2n) is 6.99. The van der Waals surface area contributed by atoms with Gasteiger partial charge in [0.25, 0.3) is 11.6 Å². The molecule has 9 heteroatoms. The molecule has 1 fully saturated rings. The van der Waals surface area contributed by atoms with Gasteiger partial charge >= 0.3 is 0 Å². The molecular formula is C23H18FN3O4S. The van der Waals surface area contributed by atoms with Crippen LogP contribution in [0.3, 0.4) is 0 Å². The molecule has 0 N–H and O–H groups in total. The third-order valence-electron chi connectivity index (χ3n) is 4.85. The number of amidine groups is 1. The van der Waals surface area contributed by atoms with E-state index in [1.807, 2.05) is 13.8 Å². The van der Waals surface area contributed by atoms with Crippen molar-refractivity contribution in [3.05, 3.63) is 86.8 Å². The Hall–Kier alpha value is -3.72. The van der Waals surface area contributed by atoms with Crippen LogP contribution in [0, 0.1) is 22.9 Å². The molecule has 1 aliphatic heterocycles. The average molecular weight is 451 g/mol. The lowest BCUT2D eigenvalue weighted by atomic mass is 10.1. The van der Waals surface area contributed by atoms with Crippen molar-refractivity contribution < 1.29 is 18.5 Å². The number of carbonyl (C=O) groups is 1. The summed E-state index contributed by atoms with van der Waals surface area (Å²) >= 11 is 1.20. The molecule has 2 heterocycles. The van der Waals surface area contributed by atoms with E-state index in [2.05, 4.69) is 4.99 Å². The Kier molecular flexibility index (Phi) is 5.91. The van der Waals surface area contributed by atoms with E-state index in [4.69, 9.17) is 4.42 Å². The van der Waals surface area contributed by atoms with Crippen LogP contribution in [0.2, 0.25) is 0 Å². The van der Waals surface area contributed by atoms with E-state index in [-0.39, 0.29) is 17.4 Å². The molecule has 32 heavy (non-hydrogen) atoms. The van der Waals surface area contributed by atoms with Gasteiger partial charge in [0.15, 0.2) is 5.17 Å². The molecule has 1 aliphatic rings. The number of nitro benzene ring substituents is 1. The fraction of sp³-hybridized carbons (Fsp3) is 0.130. The minimum Gasteiger partial charge on any atom is -0.457 e. The number of likely N-dealkylation sites (N-methyl/N-ethyl adjacent to an activating group) is 1. The van der Waals surface area contributed by atoms with E-state index in [1.54, 1.807) is 36.4 Å². The van der Waals surface area contributed by atoms with Gasteiger partial charge in [-0.1, -0.05) is 6.07 Å². The summed E-state index contributed by atoms with van der Waals surface area (Å²) in [5.74, 6) is 0.356. The predicted molar refractivity (Wildman–Crippen MR) is 122 cm³/mol. The van der Waals surface area contributed by atoms with Crippen LogP contribution in [0.15, 0.2) is 68.9 Å². The van der Waals surface area contributed by atoms with Crippen molar-refractivity contribution in [2.75, 3.05) is 6.54 Å². The van der Waals surface area contributed by atoms with Crippen LogP contribution in [0.1, 0.15) is 18.2 Å². The van der Waals surface area contributed by atoms with E-state index in [1.165, 1.54) is 40.9 Å². The monoisotopic (exact) mass is 451 g/mol. The highest BCUT2D eigenvalue weighted by Crippen LogP contribution is 2.35. The van der Waals surface area contributed by atoms with Gasteiger partial charge in [0, 0.05) is 30.3 Å². The highest BCUT2D eigenvalue weighted by Gasteiger charge is 2.32. The van der Waals surface area contributed by atoms with Crippen molar-refractivity contribution in [1.82, 2.24) is 4.90 Å². The number of hydrogen-bond acceptors (Lipinski definition) is 6. The summed E-state index contributed by atoms with van der Waals surface area (Å²) in [5, 5.41) is 11.6. The van der Waals surface area contributed by atoms with Gasteiger partial charge in [-0.05, 0) is 67.6 Å².